The second kappa shape index (κ2) is 29.5. The van der Waals surface area contributed by atoms with E-state index in [0.717, 1.165) is 13.1 Å². The van der Waals surface area contributed by atoms with Crippen LogP contribution in [0.3, 0.4) is 0 Å². The largest absolute Gasteiger partial charge is 0.507 e. The highest BCUT2D eigenvalue weighted by atomic mass is 16.6. The number of hydrogen-bond donors (Lipinski definition) is 2. The third-order valence-electron chi connectivity index (χ3n) is 18.6. The number of piperidine rings is 2. The Morgan fingerprint density at radius 2 is 0.736 bits per heavy atom. The first kappa shape index (κ1) is 67.4. The van der Waals surface area contributed by atoms with Crippen molar-refractivity contribution in [3.05, 3.63) is 191 Å². The first-order chi connectivity index (χ1) is 43.3. The first-order valence-corrected chi connectivity index (χ1v) is 32.1. The summed E-state index contributed by atoms with van der Waals surface area (Å²) in [6, 6.07) is 46.0. The summed E-state index contributed by atoms with van der Waals surface area (Å²) in [5.41, 5.74) is 2.24. The van der Waals surface area contributed by atoms with Gasteiger partial charge in [-0.2, -0.15) is 0 Å². The van der Waals surface area contributed by atoms with Gasteiger partial charge in [-0.1, -0.05) is 121 Å². The van der Waals surface area contributed by atoms with Gasteiger partial charge in [0.15, 0.2) is 11.6 Å². The molecular weight excluding hydrogens is 1150 g/mol. The van der Waals surface area contributed by atoms with Gasteiger partial charge >= 0.3 is 23.9 Å². The Bertz CT molecular complexity index is 3220. The van der Waals surface area contributed by atoms with Crippen molar-refractivity contribution >= 4 is 35.4 Å². The molecule has 3 fully saturated rings. The number of carbonyl (C=O) groups excluding carboxylic acids is 6. The minimum absolute atomic E-state index is 0.0587. The molecule has 0 bridgehead atoms. The van der Waals surface area contributed by atoms with Crippen LogP contribution in [0.15, 0.2) is 158 Å². The zero-order chi connectivity index (χ0) is 65.1. The number of phenols is 2. The fourth-order valence-corrected chi connectivity index (χ4v) is 14.4. The van der Waals surface area contributed by atoms with Crippen LogP contribution in [-0.4, -0.2) is 138 Å². The van der Waals surface area contributed by atoms with Gasteiger partial charge in [-0.05, 0) is 110 Å². The predicted octanol–water partition coefficient (Wildman–Crippen LogP) is 12.7. The van der Waals surface area contributed by atoms with Crippen molar-refractivity contribution in [2.45, 2.75) is 186 Å². The standard InChI is InChI=1S/C75H90N4O12/c1-72(2)46-60(47-73(3,4)78(72)50-52-21-13-9-14-22-52)90-68(84)37-41-76(39-35-66(82)88-58-31-33-62(64(80)44-58)70(86)54-25-17-11-18-26-54)56-29-30-57(43-56)77(40-36-67(83)89-59-32-34-63(65(81)45-59)71(87)55-27-19-12-20-28-55)42-38-69(85)91-61-48-74(5,6)79(75(7,8)49-61)51-53-23-15-10-16-24-53/h9-28,31-34,44-45,56-57,60-61,80-81H,29-30,35-43,46-51H2,1-8H3. The quantitative estimate of drug-likeness (QED) is 0.0296. The number of rotatable bonds is 26. The Morgan fingerprint density at radius 1 is 0.429 bits per heavy atom. The molecule has 1 aliphatic carbocycles. The van der Waals surface area contributed by atoms with Crippen molar-refractivity contribution in [1.82, 2.24) is 19.6 Å². The maximum Gasteiger partial charge on any atom is 0.312 e. The summed E-state index contributed by atoms with van der Waals surface area (Å²) in [6.07, 6.45) is 3.87. The predicted molar refractivity (Wildman–Crippen MR) is 349 cm³/mol. The van der Waals surface area contributed by atoms with Gasteiger partial charge in [0.25, 0.3) is 0 Å². The van der Waals surface area contributed by atoms with Gasteiger partial charge in [-0.15, -0.1) is 0 Å². The summed E-state index contributed by atoms with van der Waals surface area (Å²) in [7, 11) is 0. The molecule has 0 spiro atoms. The fraction of sp³-hybridized carbons (Fsp3) is 0.440. The highest BCUT2D eigenvalue weighted by Gasteiger charge is 2.48. The molecule has 2 unspecified atom stereocenters. The lowest BCUT2D eigenvalue weighted by Crippen LogP contribution is -2.61. The summed E-state index contributed by atoms with van der Waals surface area (Å²) in [4.78, 5) is 91.3. The van der Waals surface area contributed by atoms with Crippen molar-refractivity contribution in [3.63, 3.8) is 0 Å². The lowest BCUT2D eigenvalue weighted by Gasteiger charge is -2.55. The van der Waals surface area contributed by atoms with E-state index in [9.17, 15) is 39.0 Å². The lowest BCUT2D eigenvalue weighted by atomic mass is 9.77. The number of likely N-dealkylation sites (tertiary alicyclic amines) is 2. The van der Waals surface area contributed by atoms with E-state index in [1.165, 1.54) is 47.5 Å². The van der Waals surface area contributed by atoms with Crippen molar-refractivity contribution in [2.24, 2.45) is 0 Å². The van der Waals surface area contributed by atoms with Gasteiger partial charge < -0.3 is 29.2 Å². The Hall–Kier alpha value is -8.02. The highest BCUT2D eigenvalue weighted by Crippen LogP contribution is 2.43. The van der Waals surface area contributed by atoms with Gasteiger partial charge in [0, 0.05) is 122 Å². The van der Waals surface area contributed by atoms with Gasteiger partial charge in [-0.3, -0.25) is 48.4 Å². The Kier molecular flexibility index (Phi) is 21.8. The van der Waals surface area contributed by atoms with Crippen LogP contribution < -0.4 is 9.47 Å². The number of phenolic OH excluding ortho intramolecular Hbond substituents is 2. The van der Waals surface area contributed by atoms with Crippen LogP contribution in [0.25, 0.3) is 0 Å². The average molecular weight is 1240 g/mol. The van der Waals surface area contributed by atoms with E-state index in [-0.39, 0.29) is 156 Å². The minimum atomic E-state index is -0.576. The molecule has 6 aromatic carbocycles. The van der Waals surface area contributed by atoms with Crippen molar-refractivity contribution < 1.29 is 57.9 Å². The molecule has 482 valence electrons. The number of esters is 4. The third-order valence-corrected chi connectivity index (χ3v) is 18.6. The van der Waals surface area contributed by atoms with Crippen LogP contribution in [0.2, 0.25) is 0 Å². The van der Waals surface area contributed by atoms with Crippen LogP contribution in [0.5, 0.6) is 23.0 Å². The maximum absolute atomic E-state index is 14.1. The zero-order valence-electron chi connectivity index (χ0n) is 54.1. The number of nitrogens with zero attached hydrogens (tertiary/aromatic N) is 4. The summed E-state index contributed by atoms with van der Waals surface area (Å²) in [5, 5.41) is 21.9. The first-order valence-electron chi connectivity index (χ1n) is 32.1. The second-order valence-corrected chi connectivity index (χ2v) is 27.3. The average Bonchev–Trinajstić information content (AvgIpc) is 1.37. The molecule has 2 heterocycles. The van der Waals surface area contributed by atoms with Gasteiger partial charge in [0.2, 0.25) is 0 Å². The van der Waals surface area contributed by atoms with E-state index in [0.29, 0.717) is 56.1 Å². The minimum Gasteiger partial charge on any atom is -0.507 e. The van der Waals surface area contributed by atoms with E-state index in [1.54, 1.807) is 60.7 Å². The molecule has 2 N–H and O–H groups in total. The SMILES string of the molecule is CC1(C)CC(OC(=O)CCN(CCC(=O)Oc2ccc(C(=O)c3ccccc3)c(O)c2)C2CCC(N(CCC(=O)Oc3ccc(C(=O)c4ccccc4)c(O)c3)CCC(=O)OC3CC(C)(C)N(Cc4ccccc4)C(C)(C)C3)C2)CC(C)(C)N1Cc1ccccc1. The summed E-state index contributed by atoms with van der Waals surface area (Å²) in [5.74, 6) is -3.08. The number of carbonyl (C=O) groups is 6. The number of aromatic hydroxyl groups is 2. The Balaban J connectivity index is 0.891. The molecule has 3 aliphatic rings. The Morgan fingerprint density at radius 3 is 1.05 bits per heavy atom. The molecule has 91 heavy (non-hydrogen) atoms. The second-order valence-electron chi connectivity index (χ2n) is 27.3. The zero-order valence-corrected chi connectivity index (χ0v) is 54.1. The molecule has 0 amide bonds. The fourth-order valence-electron chi connectivity index (χ4n) is 14.4. The van der Waals surface area contributed by atoms with Gasteiger partial charge in [-0.25, -0.2) is 0 Å². The molecule has 16 nitrogen and oxygen atoms in total. The van der Waals surface area contributed by atoms with Crippen LogP contribution >= 0.6 is 0 Å². The molecule has 2 atom stereocenters. The monoisotopic (exact) mass is 1240 g/mol. The Labute approximate surface area is 536 Å². The molecule has 0 radical (unpaired) electrons. The summed E-state index contributed by atoms with van der Waals surface area (Å²) >= 11 is 0. The smallest absolute Gasteiger partial charge is 0.312 e. The van der Waals surface area contributed by atoms with Gasteiger partial charge in [0.1, 0.15) is 35.2 Å². The van der Waals surface area contributed by atoms with Crippen LogP contribution in [-0.2, 0) is 41.7 Å². The van der Waals surface area contributed by atoms with Crippen molar-refractivity contribution in [1.29, 1.82) is 0 Å². The number of ether oxygens (including phenoxy) is 4. The molecule has 6 aromatic rings. The van der Waals surface area contributed by atoms with Crippen molar-refractivity contribution in [3.8, 4) is 23.0 Å². The van der Waals surface area contributed by atoms with E-state index in [1.807, 2.05) is 36.4 Å². The lowest BCUT2D eigenvalue weighted by molar-refractivity contribution is -0.162. The van der Waals surface area contributed by atoms with E-state index >= 15 is 0 Å². The van der Waals surface area contributed by atoms with Crippen molar-refractivity contribution in [2.75, 3.05) is 26.2 Å². The van der Waals surface area contributed by atoms with E-state index < -0.39 is 11.9 Å². The highest BCUT2D eigenvalue weighted by molar-refractivity contribution is 6.11. The number of hydrogen-bond acceptors (Lipinski definition) is 16. The maximum atomic E-state index is 14.1. The molecule has 2 saturated heterocycles. The van der Waals surface area contributed by atoms with Crippen LogP contribution in [0.1, 0.15) is 169 Å². The molecule has 9 rings (SSSR count). The topological polar surface area (TPSA) is 193 Å². The van der Waals surface area contributed by atoms with Crippen LogP contribution in [0.4, 0.5) is 0 Å². The molecule has 2 aliphatic heterocycles. The third kappa shape index (κ3) is 17.9. The van der Waals surface area contributed by atoms with Crippen LogP contribution in [0, 0.1) is 0 Å². The van der Waals surface area contributed by atoms with E-state index in [2.05, 4.69) is 99.3 Å². The molecule has 1 saturated carbocycles. The van der Waals surface area contributed by atoms with E-state index in [4.69, 9.17) is 18.9 Å². The van der Waals surface area contributed by atoms with Gasteiger partial charge in [0.05, 0.1) is 36.8 Å². The summed E-state index contributed by atoms with van der Waals surface area (Å²) in [6.45, 7) is 20.1. The number of ketones is 2. The molecule has 16 heteroatoms. The normalized spacial score (nSPS) is 19.0. The summed E-state index contributed by atoms with van der Waals surface area (Å²) < 4.78 is 24.2. The number of benzene rings is 6. The molecular formula is C75H90N4O12. The molecule has 0 aromatic heterocycles.